The van der Waals surface area contributed by atoms with Gasteiger partial charge < -0.3 is 9.47 Å². The summed E-state index contributed by atoms with van der Waals surface area (Å²) >= 11 is 2.05. The molecule has 0 aromatic rings. The summed E-state index contributed by atoms with van der Waals surface area (Å²) in [6.45, 7) is 11.0. The van der Waals surface area contributed by atoms with E-state index >= 15 is 0 Å². The lowest BCUT2D eigenvalue weighted by atomic mass is 10.0. The average molecular weight is 447 g/mol. The van der Waals surface area contributed by atoms with E-state index < -0.39 is 8.07 Å². The maximum absolute atomic E-state index is 12.3. The van der Waals surface area contributed by atoms with Gasteiger partial charge in [-0.3, -0.25) is 9.59 Å². The van der Waals surface area contributed by atoms with Gasteiger partial charge in [0.1, 0.15) is 11.9 Å². The summed E-state index contributed by atoms with van der Waals surface area (Å²) in [7, 11) is 0.747. The van der Waals surface area contributed by atoms with Crippen LogP contribution < -0.4 is 0 Å². The highest BCUT2D eigenvalue weighted by atomic mass is 32.2. The van der Waals surface area contributed by atoms with E-state index in [1.54, 1.807) is 14.0 Å². The second-order valence-electron chi connectivity index (χ2n) is 9.35. The molecule has 2 atom stereocenters. The first-order chi connectivity index (χ1) is 13.7. The van der Waals surface area contributed by atoms with Crippen LogP contribution in [-0.2, 0) is 19.1 Å². The number of methoxy groups -OCH3 is 1. The van der Waals surface area contributed by atoms with Crippen LogP contribution in [-0.4, -0.2) is 50.6 Å². The summed E-state index contributed by atoms with van der Waals surface area (Å²) < 4.78 is 11.1. The number of carbonyl (C=O) groups is 2. The van der Waals surface area contributed by atoms with Crippen LogP contribution in [0.4, 0.5) is 0 Å². The first-order valence-corrected chi connectivity index (χ1v) is 16.3. The third-order valence-electron chi connectivity index (χ3n) is 4.98. The molecule has 0 fully saturated rings. The first kappa shape index (κ1) is 28.7. The average Bonchev–Trinajstić information content (AvgIpc) is 2.61. The van der Waals surface area contributed by atoms with Crippen LogP contribution in [0, 0.1) is 0 Å². The zero-order valence-electron chi connectivity index (χ0n) is 19.9. The lowest BCUT2D eigenvalue weighted by molar-refractivity contribution is -0.153. The molecule has 29 heavy (non-hydrogen) atoms. The molecule has 0 aliphatic rings. The first-order valence-electron chi connectivity index (χ1n) is 11.5. The van der Waals surface area contributed by atoms with Crippen molar-refractivity contribution < 1.29 is 19.1 Å². The van der Waals surface area contributed by atoms with Gasteiger partial charge in [-0.05, 0) is 50.2 Å². The normalized spacial score (nSPS) is 13.9. The Balaban J connectivity index is 4.11. The minimum absolute atomic E-state index is 0.0770. The Hall–Kier alpha value is -0.333. The summed E-state index contributed by atoms with van der Waals surface area (Å²) in [6.07, 6.45) is 8.60. The summed E-state index contributed by atoms with van der Waals surface area (Å²) in [5.41, 5.74) is 0. The van der Waals surface area contributed by atoms with Crippen molar-refractivity contribution in [2.45, 2.75) is 116 Å². The largest absolute Gasteiger partial charge is 0.462 e. The molecule has 172 valence electrons. The van der Waals surface area contributed by atoms with Gasteiger partial charge in [-0.2, -0.15) is 11.8 Å². The van der Waals surface area contributed by atoms with Crippen molar-refractivity contribution in [3.63, 3.8) is 0 Å². The fraction of sp³-hybridized carbons (Fsp3) is 0.913. The predicted molar refractivity (Wildman–Crippen MR) is 129 cm³/mol. The van der Waals surface area contributed by atoms with Gasteiger partial charge in [-0.1, -0.05) is 52.2 Å². The number of ether oxygens (including phenoxy) is 2. The van der Waals surface area contributed by atoms with Crippen molar-refractivity contribution in [3.8, 4) is 0 Å². The zero-order valence-corrected chi connectivity index (χ0v) is 21.7. The Morgan fingerprint density at radius 2 is 1.55 bits per heavy atom. The maximum Gasteiger partial charge on any atom is 0.308 e. The molecule has 0 amide bonds. The number of carbonyl (C=O) groups excluding carboxylic acids is 2. The lowest BCUT2D eigenvalue weighted by Crippen LogP contribution is -2.25. The maximum atomic E-state index is 12.3. The highest BCUT2D eigenvalue weighted by Gasteiger charge is 2.20. The number of esters is 1. The summed E-state index contributed by atoms with van der Waals surface area (Å²) in [6, 6.07) is 1.38. The molecule has 0 spiro atoms. The minimum atomic E-state index is -0.918. The SMILES string of the molecule is CCCCCCC(CC(C)=O)OC(=O)CC(CCCCSCC[Si](C)(C)C)OC. The smallest absolute Gasteiger partial charge is 0.308 e. The van der Waals surface area contributed by atoms with Gasteiger partial charge in [0.25, 0.3) is 0 Å². The van der Waals surface area contributed by atoms with Gasteiger partial charge in [0.05, 0.1) is 12.5 Å². The molecule has 0 rings (SSSR count). The number of thioether (sulfide) groups is 1. The fourth-order valence-corrected chi connectivity index (χ4v) is 6.74. The molecule has 0 aromatic heterocycles. The van der Waals surface area contributed by atoms with Crippen molar-refractivity contribution >= 4 is 31.6 Å². The number of Topliss-reactive ketones (excluding diaryl/α,β-unsaturated/α-hetero) is 1. The van der Waals surface area contributed by atoms with Crippen LogP contribution in [0.25, 0.3) is 0 Å². The molecular weight excluding hydrogens is 400 g/mol. The van der Waals surface area contributed by atoms with Crippen molar-refractivity contribution in [3.05, 3.63) is 0 Å². The molecule has 0 heterocycles. The molecule has 0 aromatic carbocycles. The van der Waals surface area contributed by atoms with Crippen molar-refractivity contribution in [2.75, 3.05) is 18.6 Å². The molecule has 6 heteroatoms. The van der Waals surface area contributed by atoms with Crippen LogP contribution in [0.3, 0.4) is 0 Å². The summed E-state index contributed by atoms with van der Waals surface area (Å²) in [5.74, 6) is 2.30. The van der Waals surface area contributed by atoms with Gasteiger partial charge in [0.15, 0.2) is 0 Å². The second kappa shape index (κ2) is 17.4. The highest BCUT2D eigenvalue weighted by Crippen LogP contribution is 2.18. The predicted octanol–water partition coefficient (Wildman–Crippen LogP) is 6.49. The Kier molecular flexibility index (Phi) is 17.2. The molecule has 2 unspecified atom stereocenters. The number of ketones is 1. The number of unbranched alkanes of at least 4 members (excludes halogenated alkanes) is 4. The third kappa shape index (κ3) is 19.4. The van der Waals surface area contributed by atoms with E-state index in [2.05, 4.69) is 26.6 Å². The standard InChI is InChI=1S/C23H46O4SSi/c1-7-8-9-10-14-22(18-20(2)24)27-23(25)19-21(26-3)13-11-12-15-28-16-17-29(4,5)6/h21-22H,7-19H2,1-6H3. The van der Waals surface area contributed by atoms with Gasteiger partial charge in [0.2, 0.25) is 0 Å². The molecule has 0 aliphatic carbocycles. The topological polar surface area (TPSA) is 52.6 Å². The molecule has 0 aliphatic heterocycles. The van der Waals surface area contributed by atoms with Gasteiger partial charge in [0, 0.05) is 21.6 Å². The minimum Gasteiger partial charge on any atom is -0.462 e. The summed E-state index contributed by atoms with van der Waals surface area (Å²) in [5, 5.41) is 0. The monoisotopic (exact) mass is 446 g/mol. The van der Waals surface area contributed by atoms with E-state index in [1.807, 2.05) is 11.8 Å². The van der Waals surface area contributed by atoms with Crippen LogP contribution in [0.15, 0.2) is 0 Å². The molecule has 4 nitrogen and oxygen atoms in total. The molecule has 0 saturated heterocycles. The molecule has 0 N–H and O–H groups in total. The van der Waals surface area contributed by atoms with E-state index in [0.717, 1.165) is 38.5 Å². The quantitative estimate of drug-likeness (QED) is 0.129. The van der Waals surface area contributed by atoms with Crippen molar-refractivity contribution in [1.82, 2.24) is 0 Å². The molecule has 0 bridgehead atoms. The van der Waals surface area contributed by atoms with Crippen LogP contribution in [0.2, 0.25) is 25.7 Å². The number of hydrogen-bond acceptors (Lipinski definition) is 5. The van der Waals surface area contributed by atoms with Crippen LogP contribution in [0.5, 0.6) is 0 Å². The van der Waals surface area contributed by atoms with Crippen LogP contribution in [0.1, 0.15) is 78.1 Å². The van der Waals surface area contributed by atoms with Crippen molar-refractivity contribution in [2.24, 2.45) is 0 Å². The van der Waals surface area contributed by atoms with E-state index in [9.17, 15) is 9.59 Å². The molecular formula is C23H46O4SSi. The van der Waals surface area contributed by atoms with Crippen molar-refractivity contribution in [1.29, 1.82) is 0 Å². The Bertz CT molecular complexity index is 437. The van der Waals surface area contributed by atoms with Gasteiger partial charge in [-0.25, -0.2) is 0 Å². The number of hydrogen-bond donors (Lipinski definition) is 0. The summed E-state index contributed by atoms with van der Waals surface area (Å²) in [4.78, 5) is 23.8. The van der Waals surface area contributed by atoms with E-state index in [0.29, 0.717) is 6.42 Å². The fourth-order valence-electron chi connectivity index (χ4n) is 3.10. The van der Waals surface area contributed by atoms with Crippen LogP contribution >= 0.6 is 11.8 Å². The Morgan fingerprint density at radius 3 is 2.14 bits per heavy atom. The van der Waals surface area contributed by atoms with E-state index in [4.69, 9.17) is 9.47 Å². The third-order valence-corrected chi connectivity index (χ3v) is 8.16. The van der Waals surface area contributed by atoms with Gasteiger partial charge in [-0.15, -0.1) is 0 Å². The second-order valence-corrected chi connectivity index (χ2v) is 16.2. The molecule has 0 saturated carbocycles. The number of rotatable bonds is 19. The van der Waals surface area contributed by atoms with Gasteiger partial charge >= 0.3 is 5.97 Å². The Morgan fingerprint density at radius 1 is 0.897 bits per heavy atom. The molecule has 0 radical (unpaired) electrons. The van der Waals surface area contributed by atoms with E-state index in [1.165, 1.54) is 30.4 Å². The highest BCUT2D eigenvalue weighted by molar-refractivity contribution is 7.99. The lowest BCUT2D eigenvalue weighted by Gasteiger charge is -2.19. The zero-order chi connectivity index (χ0) is 22.1. The Labute approximate surface area is 185 Å². The van der Waals surface area contributed by atoms with E-state index in [-0.39, 0.29) is 30.4 Å².